The SMILES string of the molecule is COc1c(C2(N)CC2)ccc2c1OCCCO2. The van der Waals surface area contributed by atoms with Crippen molar-refractivity contribution in [2.24, 2.45) is 5.73 Å². The summed E-state index contributed by atoms with van der Waals surface area (Å²) in [4.78, 5) is 0. The quantitative estimate of drug-likeness (QED) is 0.849. The lowest BCUT2D eigenvalue weighted by atomic mass is 10.0. The van der Waals surface area contributed by atoms with Gasteiger partial charge in [0.1, 0.15) is 0 Å². The van der Waals surface area contributed by atoms with Crippen LogP contribution >= 0.6 is 0 Å². The number of benzene rings is 1. The van der Waals surface area contributed by atoms with E-state index in [1.807, 2.05) is 12.1 Å². The fourth-order valence-corrected chi connectivity index (χ4v) is 2.21. The van der Waals surface area contributed by atoms with Gasteiger partial charge in [-0.15, -0.1) is 0 Å². The van der Waals surface area contributed by atoms with Crippen LogP contribution in [0.3, 0.4) is 0 Å². The van der Waals surface area contributed by atoms with E-state index in [4.69, 9.17) is 19.9 Å². The number of ether oxygens (including phenoxy) is 3. The predicted octanol–water partition coefficient (Wildman–Crippen LogP) is 1.80. The average molecular weight is 235 g/mol. The van der Waals surface area contributed by atoms with Crippen molar-refractivity contribution in [3.8, 4) is 17.2 Å². The van der Waals surface area contributed by atoms with Gasteiger partial charge in [-0.3, -0.25) is 0 Å². The zero-order valence-corrected chi connectivity index (χ0v) is 9.99. The molecule has 1 aromatic carbocycles. The first-order valence-electron chi connectivity index (χ1n) is 6.00. The third-order valence-corrected chi connectivity index (χ3v) is 3.40. The molecule has 4 nitrogen and oxygen atoms in total. The molecule has 2 aliphatic rings. The maximum absolute atomic E-state index is 6.24. The lowest BCUT2D eigenvalue weighted by Crippen LogP contribution is -2.20. The summed E-state index contributed by atoms with van der Waals surface area (Å²) in [5.74, 6) is 2.20. The Morgan fingerprint density at radius 1 is 1.24 bits per heavy atom. The van der Waals surface area contributed by atoms with E-state index < -0.39 is 0 Å². The van der Waals surface area contributed by atoms with Crippen LogP contribution < -0.4 is 19.9 Å². The molecule has 0 unspecified atom stereocenters. The fourth-order valence-electron chi connectivity index (χ4n) is 2.21. The number of fused-ring (bicyclic) bond motifs is 1. The molecule has 0 saturated heterocycles. The zero-order chi connectivity index (χ0) is 11.9. The van der Waals surface area contributed by atoms with Crippen molar-refractivity contribution in [2.75, 3.05) is 20.3 Å². The van der Waals surface area contributed by atoms with Crippen molar-refractivity contribution in [3.05, 3.63) is 17.7 Å². The second-order valence-electron chi connectivity index (χ2n) is 4.68. The van der Waals surface area contributed by atoms with E-state index in [0.717, 1.165) is 36.3 Å². The molecule has 0 radical (unpaired) electrons. The Balaban J connectivity index is 2.10. The van der Waals surface area contributed by atoms with E-state index >= 15 is 0 Å². The standard InChI is InChI=1S/C13H17NO3/c1-15-11-9(13(14)5-6-13)3-4-10-12(11)17-8-2-7-16-10/h3-4H,2,5-8,14H2,1H3. The molecular weight excluding hydrogens is 218 g/mol. The number of hydrogen-bond acceptors (Lipinski definition) is 4. The van der Waals surface area contributed by atoms with Crippen LogP contribution in [0.15, 0.2) is 12.1 Å². The van der Waals surface area contributed by atoms with E-state index in [0.29, 0.717) is 19.0 Å². The largest absolute Gasteiger partial charge is 0.492 e. The molecule has 17 heavy (non-hydrogen) atoms. The van der Waals surface area contributed by atoms with E-state index in [1.54, 1.807) is 7.11 Å². The van der Waals surface area contributed by atoms with Gasteiger partial charge in [-0.05, 0) is 25.0 Å². The molecule has 3 rings (SSSR count). The van der Waals surface area contributed by atoms with Crippen molar-refractivity contribution in [2.45, 2.75) is 24.8 Å². The number of methoxy groups -OCH3 is 1. The van der Waals surface area contributed by atoms with Crippen LogP contribution in [0, 0.1) is 0 Å². The molecule has 2 N–H and O–H groups in total. The summed E-state index contributed by atoms with van der Waals surface area (Å²) in [5.41, 5.74) is 7.05. The predicted molar refractivity (Wildman–Crippen MR) is 63.7 cm³/mol. The number of rotatable bonds is 2. The monoisotopic (exact) mass is 235 g/mol. The maximum atomic E-state index is 6.24. The number of nitrogens with two attached hydrogens (primary N) is 1. The molecule has 1 fully saturated rings. The van der Waals surface area contributed by atoms with Crippen molar-refractivity contribution in [3.63, 3.8) is 0 Å². The van der Waals surface area contributed by atoms with Crippen LogP contribution in [-0.4, -0.2) is 20.3 Å². The second-order valence-corrected chi connectivity index (χ2v) is 4.68. The van der Waals surface area contributed by atoms with Gasteiger partial charge >= 0.3 is 0 Å². The Kier molecular flexibility index (Phi) is 2.40. The first kappa shape index (κ1) is 10.7. The highest BCUT2D eigenvalue weighted by atomic mass is 16.5. The highest BCUT2D eigenvalue weighted by Crippen LogP contribution is 2.51. The van der Waals surface area contributed by atoms with Gasteiger partial charge in [-0.25, -0.2) is 0 Å². The van der Waals surface area contributed by atoms with Gasteiger partial charge in [-0.2, -0.15) is 0 Å². The second kappa shape index (κ2) is 3.81. The van der Waals surface area contributed by atoms with Gasteiger partial charge in [0.05, 0.1) is 20.3 Å². The molecular formula is C13H17NO3. The lowest BCUT2D eigenvalue weighted by molar-refractivity contribution is 0.288. The summed E-state index contributed by atoms with van der Waals surface area (Å²) in [7, 11) is 1.65. The summed E-state index contributed by atoms with van der Waals surface area (Å²) in [5, 5.41) is 0. The van der Waals surface area contributed by atoms with Crippen LogP contribution in [0.4, 0.5) is 0 Å². The topological polar surface area (TPSA) is 53.7 Å². The maximum Gasteiger partial charge on any atom is 0.203 e. The number of hydrogen-bond donors (Lipinski definition) is 1. The average Bonchev–Trinajstić information content (AvgIpc) is 3.11. The van der Waals surface area contributed by atoms with Gasteiger partial charge < -0.3 is 19.9 Å². The molecule has 0 amide bonds. The molecule has 92 valence electrons. The smallest absolute Gasteiger partial charge is 0.203 e. The molecule has 0 spiro atoms. The Labute approximate surface area is 101 Å². The fraction of sp³-hybridized carbons (Fsp3) is 0.538. The summed E-state index contributed by atoms with van der Waals surface area (Å²) >= 11 is 0. The van der Waals surface area contributed by atoms with Crippen molar-refractivity contribution < 1.29 is 14.2 Å². The first-order valence-corrected chi connectivity index (χ1v) is 6.00. The Bertz CT molecular complexity index is 441. The van der Waals surface area contributed by atoms with E-state index in [1.165, 1.54) is 0 Å². The third-order valence-electron chi connectivity index (χ3n) is 3.40. The van der Waals surface area contributed by atoms with Gasteiger partial charge in [0, 0.05) is 17.5 Å². The van der Waals surface area contributed by atoms with E-state index in [2.05, 4.69) is 0 Å². The molecule has 1 aliphatic carbocycles. The Hall–Kier alpha value is -1.42. The third kappa shape index (κ3) is 1.72. The minimum Gasteiger partial charge on any atom is -0.492 e. The minimum absolute atomic E-state index is 0.226. The van der Waals surface area contributed by atoms with Crippen LogP contribution in [0.1, 0.15) is 24.8 Å². The molecule has 1 saturated carbocycles. The Morgan fingerprint density at radius 3 is 2.71 bits per heavy atom. The normalized spacial score (nSPS) is 20.6. The van der Waals surface area contributed by atoms with Crippen LogP contribution in [0.5, 0.6) is 17.2 Å². The van der Waals surface area contributed by atoms with Gasteiger partial charge in [0.15, 0.2) is 11.5 Å². The van der Waals surface area contributed by atoms with Gasteiger partial charge in [0.25, 0.3) is 0 Å². The zero-order valence-electron chi connectivity index (χ0n) is 9.99. The molecule has 1 heterocycles. The first-order chi connectivity index (χ1) is 8.24. The van der Waals surface area contributed by atoms with Crippen molar-refractivity contribution in [1.82, 2.24) is 0 Å². The van der Waals surface area contributed by atoms with Crippen LogP contribution in [0.25, 0.3) is 0 Å². The van der Waals surface area contributed by atoms with Crippen LogP contribution in [-0.2, 0) is 5.54 Å². The molecule has 4 heteroatoms. The highest BCUT2D eigenvalue weighted by molar-refractivity contribution is 5.59. The molecule has 0 bridgehead atoms. The molecule has 1 aromatic rings. The minimum atomic E-state index is -0.226. The van der Waals surface area contributed by atoms with Gasteiger partial charge in [-0.1, -0.05) is 0 Å². The Morgan fingerprint density at radius 2 is 2.00 bits per heavy atom. The van der Waals surface area contributed by atoms with Crippen LogP contribution in [0.2, 0.25) is 0 Å². The van der Waals surface area contributed by atoms with E-state index in [9.17, 15) is 0 Å². The summed E-state index contributed by atoms with van der Waals surface area (Å²) in [6.45, 7) is 1.34. The molecule has 0 aromatic heterocycles. The van der Waals surface area contributed by atoms with Gasteiger partial charge in [0.2, 0.25) is 5.75 Å². The summed E-state index contributed by atoms with van der Waals surface area (Å²) in [6.07, 6.45) is 2.90. The lowest BCUT2D eigenvalue weighted by Gasteiger charge is -2.18. The molecule has 0 atom stereocenters. The molecule has 1 aliphatic heterocycles. The van der Waals surface area contributed by atoms with E-state index in [-0.39, 0.29) is 5.54 Å². The van der Waals surface area contributed by atoms with Crippen molar-refractivity contribution >= 4 is 0 Å². The summed E-state index contributed by atoms with van der Waals surface area (Å²) in [6, 6.07) is 3.94. The summed E-state index contributed by atoms with van der Waals surface area (Å²) < 4.78 is 16.8. The van der Waals surface area contributed by atoms with Crippen molar-refractivity contribution in [1.29, 1.82) is 0 Å². The highest BCUT2D eigenvalue weighted by Gasteiger charge is 2.43.